The van der Waals surface area contributed by atoms with Crippen LogP contribution in [-0.4, -0.2) is 41.8 Å². The fourth-order valence-corrected chi connectivity index (χ4v) is 2.65. The summed E-state index contributed by atoms with van der Waals surface area (Å²) < 4.78 is 0. The predicted octanol–water partition coefficient (Wildman–Crippen LogP) is 2.58. The van der Waals surface area contributed by atoms with Crippen molar-refractivity contribution in [3.05, 3.63) is 40.4 Å². The van der Waals surface area contributed by atoms with E-state index in [2.05, 4.69) is 56.9 Å². The first-order valence-electron chi connectivity index (χ1n) is 7.03. The van der Waals surface area contributed by atoms with Crippen molar-refractivity contribution in [3.8, 4) is 0 Å². The van der Waals surface area contributed by atoms with Crippen molar-refractivity contribution < 1.29 is 4.79 Å². The van der Waals surface area contributed by atoms with Crippen LogP contribution in [0.3, 0.4) is 0 Å². The van der Waals surface area contributed by atoms with E-state index in [1.165, 1.54) is 22.5 Å². The summed E-state index contributed by atoms with van der Waals surface area (Å²) in [6.07, 6.45) is 0. The number of urea groups is 1. The average molecular weight is 319 g/mol. The van der Waals surface area contributed by atoms with Crippen molar-refractivity contribution >= 4 is 22.5 Å². The van der Waals surface area contributed by atoms with Gasteiger partial charge in [-0.05, 0) is 33.5 Å². The maximum absolute atomic E-state index is 11.9. The Bertz CT molecular complexity index is 623. The summed E-state index contributed by atoms with van der Waals surface area (Å²) >= 11 is 1.35. The van der Waals surface area contributed by atoms with E-state index in [1.54, 1.807) is 0 Å². The van der Waals surface area contributed by atoms with Crippen LogP contribution < -0.4 is 10.6 Å². The van der Waals surface area contributed by atoms with E-state index in [0.717, 1.165) is 5.01 Å². The van der Waals surface area contributed by atoms with Gasteiger partial charge in [-0.1, -0.05) is 41.2 Å². The molecule has 6 nitrogen and oxygen atoms in total. The van der Waals surface area contributed by atoms with Gasteiger partial charge in [0.05, 0.1) is 6.04 Å². The molecule has 1 aromatic heterocycles. The molecule has 0 saturated carbocycles. The fourth-order valence-electron chi connectivity index (χ4n) is 2.06. The molecule has 1 aromatic carbocycles. The van der Waals surface area contributed by atoms with E-state index in [9.17, 15) is 4.79 Å². The van der Waals surface area contributed by atoms with Crippen LogP contribution in [0.25, 0.3) is 0 Å². The van der Waals surface area contributed by atoms with Gasteiger partial charge in [0.1, 0.15) is 5.01 Å². The summed E-state index contributed by atoms with van der Waals surface area (Å²) in [6.45, 7) is 4.42. The molecule has 118 valence electrons. The number of aryl methyl sites for hydroxylation is 2. The maximum Gasteiger partial charge on any atom is 0.321 e. The second-order valence-corrected chi connectivity index (χ2v) is 6.53. The number of nitrogens with zero attached hydrogens (tertiary/aromatic N) is 3. The van der Waals surface area contributed by atoms with E-state index in [1.807, 2.05) is 21.0 Å². The number of anilines is 1. The number of benzene rings is 1. The van der Waals surface area contributed by atoms with Gasteiger partial charge >= 0.3 is 6.03 Å². The Morgan fingerprint density at radius 1 is 1.23 bits per heavy atom. The summed E-state index contributed by atoms with van der Waals surface area (Å²) in [6, 6.07) is 8.19. The summed E-state index contributed by atoms with van der Waals surface area (Å²) in [7, 11) is 4.00. The van der Waals surface area contributed by atoms with Gasteiger partial charge in [0, 0.05) is 6.54 Å². The van der Waals surface area contributed by atoms with E-state index in [-0.39, 0.29) is 12.1 Å². The highest BCUT2D eigenvalue weighted by Gasteiger charge is 2.15. The fraction of sp³-hybridized carbons (Fsp3) is 0.400. The van der Waals surface area contributed by atoms with Crippen LogP contribution in [0.5, 0.6) is 0 Å². The van der Waals surface area contributed by atoms with Gasteiger partial charge in [0.2, 0.25) is 5.13 Å². The molecule has 7 heteroatoms. The molecule has 0 aliphatic rings. The van der Waals surface area contributed by atoms with Crippen LogP contribution >= 0.6 is 11.3 Å². The first kappa shape index (κ1) is 16.4. The Kier molecular flexibility index (Phi) is 5.46. The van der Waals surface area contributed by atoms with Crippen LogP contribution in [0.1, 0.15) is 22.2 Å². The number of nitrogens with one attached hydrogen (secondary N) is 2. The lowest BCUT2D eigenvalue weighted by molar-refractivity contribution is 0.243. The molecule has 0 bridgehead atoms. The number of likely N-dealkylation sites (N-methyl/N-ethyl adjacent to an activating group) is 1. The van der Waals surface area contributed by atoms with E-state index in [4.69, 9.17) is 0 Å². The molecule has 1 unspecified atom stereocenters. The standard InChI is InChI=1S/C15H21N5OS/c1-10-5-7-12(8-6-10)13(20(3)4)9-16-14(21)17-15-19-18-11(2)22-15/h5-8,13H,9H2,1-4H3,(H2,16,17,19,21). The average Bonchev–Trinajstić information content (AvgIpc) is 2.86. The molecule has 2 amide bonds. The smallest absolute Gasteiger partial charge is 0.321 e. The predicted molar refractivity (Wildman–Crippen MR) is 89.3 cm³/mol. The third-order valence-corrected chi connectivity index (χ3v) is 4.04. The van der Waals surface area contributed by atoms with Gasteiger partial charge in [0.15, 0.2) is 0 Å². The Hall–Kier alpha value is -1.99. The van der Waals surface area contributed by atoms with Gasteiger partial charge in [-0.2, -0.15) is 0 Å². The molecule has 2 N–H and O–H groups in total. The number of amides is 2. The molecule has 2 aromatic rings. The van der Waals surface area contributed by atoms with Gasteiger partial charge in [-0.25, -0.2) is 4.79 Å². The third kappa shape index (κ3) is 4.51. The van der Waals surface area contributed by atoms with Crippen LogP contribution in [0.2, 0.25) is 0 Å². The number of hydrogen-bond acceptors (Lipinski definition) is 5. The zero-order valence-electron chi connectivity index (χ0n) is 13.3. The monoisotopic (exact) mass is 319 g/mol. The van der Waals surface area contributed by atoms with Crippen molar-refractivity contribution in [1.29, 1.82) is 0 Å². The van der Waals surface area contributed by atoms with Crippen molar-refractivity contribution in [3.63, 3.8) is 0 Å². The number of aromatic nitrogens is 2. The van der Waals surface area contributed by atoms with Crippen LogP contribution in [0.15, 0.2) is 24.3 Å². The van der Waals surface area contributed by atoms with Gasteiger partial charge in [0.25, 0.3) is 0 Å². The number of hydrogen-bond donors (Lipinski definition) is 2. The van der Waals surface area contributed by atoms with Crippen molar-refractivity contribution in [2.24, 2.45) is 0 Å². The van der Waals surface area contributed by atoms with Crippen molar-refractivity contribution in [2.75, 3.05) is 26.0 Å². The minimum absolute atomic E-state index is 0.113. The Labute approximate surface area is 134 Å². The maximum atomic E-state index is 11.9. The Morgan fingerprint density at radius 3 is 2.45 bits per heavy atom. The van der Waals surface area contributed by atoms with Crippen LogP contribution in [0.4, 0.5) is 9.93 Å². The van der Waals surface area contributed by atoms with Crippen molar-refractivity contribution in [1.82, 2.24) is 20.4 Å². The zero-order chi connectivity index (χ0) is 16.1. The highest BCUT2D eigenvalue weighted by atomic mass is 32.1. The third-order valence-electron chi connectivity index (χ3n) is 3.29. The highest BCUT2D eigenvalue weighted by molar-refractivity contribution is 7.15. The molecule has 0 aliphatic carbocycles. The Morgan fingerprint density at radius 2 is 1.91 bits per heavy atom. The summed E-state index contributed by atoms with van der Waals surface area (Å²) in [5, 5.41) is 14.6. The first-order chi connectivity index (χ1) is 10.5. The Balaban J connectivity index is 1.94. The summed E-state index contributed by atoms with van der Waals surface area (Å²) in [4.78, 5) is 14.0. The molecular weight excluding hydrogens is 298 g/mol. The molecule has 0 radical (unpaired) electrons. The zero-order valence-corrected chi connectivity index (χ0v) is 14.1. The number of carbonyl (C=O) groups excluding carboxylic acids is 1. The highest BCUT2D eigenvalue weighted by Crippen LogP contribution is 2.18. The molecule has 1 atom stereocenters. The SMILES string of the molecule is Cc1ccc(C(CNC(=O)Nc2nnc(C)s2)N(C)C)cc1. The minimum Gasteiger partial charge on any atom is -0.336 e. The molecule has 0 spiro atoms. The van der Waals surface area contributed by atoms with Gasteiger partial charge in [-0.3, -0.25) is 5.32 Å². The van der Waals surface area contributed by atoms with Gasteiger partial charge < -0.3 is 10.2 Å². The summed E-state index contributed by atoms with van der Waals surface area (Å²) in [5.41, 5.74) is 2.39. The molecule has 0 fully saturated rings. The molecule has 0 saturated heterocycles. The first-order valence-corrected chi connectivity index (χ1v) is 7.85. The second-order valence-electron chi connectivity index (χ2n) is 5.35. The largest absolute Gasteiger partial charge is 0.336 e. The van der Waals surface area contributed by atoms with Crippen LogP contribution in [-0.2, 0) is 0 Å². The lowest BCUT2D eigenvalue weighted by Crippen LogP contribution is -2.36. The quantitative estimate of drug-likeness (QED) is 0.888. The lowest BCUT2D eigenvalue weighted by Gasteiger charge is -2.25. The second kappa shape index (κ2) is 7.33. The summed E-state index contributed by atoms with van der Waals surface area (Å²) in [5.74, 6) is 0. The van der Waals surface area contributed by atoms with Gasteiger partial charge in [-0.15, -0.1) is 10.2 Å². The molecule has 2 rings (SSSR count). The van der Waals surface area contributed by atoms with Crippen molar-refractivity contribution in [2.45, 2.75) is 19.9 Å². The molecular formula is C15H21N5OS. The molecule has 0 aliphatic heterocycles. The normalized spacial score (nSPS) is 12.2. The molecule has 1 heterocycles. The number of rotatable bonds is 5. The molecule has 22 heavy (non-hydrogen) atoms. The lowest BCUT2D eigenvalue weighted by atomic mass is 10.0. The minimum atomic E-state index is -0.268. The van der Waals surface area contributed by atoms with Crippen LogP contribution in [0, 0.1) is 13.8 Å². The number of carbonyl (C=O) groups is 1. The van der Waals surface area contributed by atoms with E-state index in [0.29, 0.717) is 11.7 Å². The van der Waals surface area contributed by atoms with E-state index < -0.39 is 0 Å². The topological polar surface area (TPSA) is 70.1 Å². The van der Waals surface area contributed by atoms with E-state index >= 15 is 0 Å².